The van der Waals surface area contributed by atoms with E-state index < -0.39 is 0 Å². The summed E-state index contributed by atoms with van der Waals surface area (Å²) in [5.41, 5.74) is 3.11. The third-order valence-corrected chi connectivity index (χ3v) is 3.86. The summed E-state index contributed by atoms with van der Waals surface area (Å²) in [5, 5.41) is 2.98. The molecule has 0 aliphatic rings. The van der Waals surface area contributed by atoms with Gasteiger partial charge in [-0.15, -0.1) is 0 Å². The number of amides is 1. The van der Waals surface area contributed by atoms with Crippen LogP contribution in [-0.4, -0.2) is 27.0 Å². The van der Waals surface area contributed by atoms with Crippen LogP contribution in [0.2, 0.25) is 0 Å². The van der Waals surface area contributed by atoms with Gasteiger partial charge in [-0.05, 0) is 24.6 Å². The highest BCUT2D eigenvalue weighted by Gasteiger charge is 2.09. The van der Waals surface area contributed by atoms with Gasteiger partial charge in [-0.3, -0.25) is 9.78 Å². The summed E-state index contributed by atoms with van der Waals surface area (Å²) in [6, 6.07) is 13.6. The normalized spacial score (nSPS) is 10.5. The molecule has 0 saturated carbocycles. The van der Waals surface area contributed by atoms with Crippen molar-refractivity contribution in [3.05, 3.63) is 72.3 Å². The van der Waals surface area contributed by atoms with Crippen molar-refractivity contribution in [1.82, 2.24) is 19.9 Å². The molecule has 0 spiro atoms. The molecule has 5 heteroatoms. The van der Waals surface area contributed by atoms with Crippen molar-refractivity contribution in [1.29, 1.82) is 0 Å². The van der Waals surface area contributed by atoms with Crippen molar-refractivity contribution < 1.29 is 4.79 Å². The lowest BCUT2D eigenvalue weighted by Crippen LogP contribution is -2.29. The first-order valence-electron chi connectivity index (χ1n) is 7.97. The maximum atomic E-state index is 12.0. The molecular formula is C19H20N4O. The second-order valence-corrected chi connectivity index (χ2v) is 5.62. The SMILES string of the molecule is Cc1cnc(-c2ccncc2)n1CCNC(=O)Cc1ccccc1. The maximum absolute atomic E-state index is 12.0. The Morgan fingerprint density at radius 3 is 2.62 bits per heavy atom. The van der Waals surface area contributed by atoms with E-state index in [9.17, 15) is 4.79 Å². The summed E-state index contributed by atoms with van der Waals surface area (Å²) in [6.07, 6.45) is 5.76. The van der Waals surface area contributed by atoms with Crippen molar-refractivity contribution in [2.24, 2.45) is 0 Å². The molecule has 0 aliphatic heterocycles. The van der Waals surface area contributed by atoms with Crippen LogP contribution in [0, 0.1) is 6.92 Å². The molecule has 0 fully saturated rings. The molecule has 3 rings (SSSR count). The number of nitrogens with zero attached hydrogens (tertiary/aromatic N) is 3. The van der Waals surface area contributed by atoms with E-state index in [4.69, 9.17) is 0 Å². The van der Waals surface area contributed by atoms with Crippen molar-refractivity contribution in [3.8, 4) is 11.4 Å². The van der Waals surface area contributed by atoms with Crippen molar-refractivity contribution >= 4 is 5.91 Å². The zero-order valence-corrected chi connectivity index (χ0v) is 13.6. The van der Waals surface area contributed by atoms with Crippen LogP contribution in [0.5, 0.6) is 0 Å². The van der Waals surface area contributed by atoms with Gasteiger partial charge in [-0.25, -0.2) is 4.98 Å². The monoisotopic (exact) mass is 320 g/mol. The molecule has 24 heavy (non-hydrogen) atoms. The molecule has 1 N–H and O–H groups in total. The molecule has 0 radical (unpaired) electrons. The fourth-order valence-corrected chi connectivity index (χ4v) is 2.63. The Labute approximate surface area is 141 Å². The van der Waals surface area contributed by atoms with Crippen LogP contribution in [0.3, 0.4) is 0 Å². The molecule has 1 aromatic carbocycles. The minimum atomic E-state index is 0.0319. The fraction of sp³-hybridized carbons (Fsp3) is 0.211. The molecule has 5 nitrogen and oxygen atoms in total. The van der Waals surface area contributed by atoms with E-state index in [1.54, 1.807) is 12.4 Å². The summed E-state index contributed by atoms with van der Waals surface area (Å²) < 4.78 is 2.11. The first-order chi connectivity index (χ1) is 11.7. The Balaban J connectivity index is 1.59. The molecule has 0 unspecified atom stereocenters. The Hall–Kier alpha value is -2.95. The lowest BCUT2D eigenvalue weighted by atomic mass is 10.1. The zero-order valence-electron chi connectivity index (χ0n) is 13.6. The Morgan fingerprint density at radius 2 is 1.88 bits per heavy atom. The summed E-state index contributed by atoms with van der Waals surface area (Å²) in [6.45, 7) is 3.27. The van der Waals surface area contributed by atoms with Gasteiger partial charge in [0.15, 0.2) is 0 Å². The average molecular weight is 320 g/mol. The standard InChI is InChI=1S/C19H20N4O/c1-15-14-22-19(17-7-9-20-10-8-17)23(15)12-11-21-18(24)13-16-5-3-2-4-6-16/h2-10,14H,11-13H2,1H3,(H,21,24). The van der Waals surface area contributed by atoms with Crippen molar-refractivity contribution in [2.75, 3.05) is 6.54 Å². The third kappa shape index (κ3) is 3.87. The number of hydrogen-bond donors (Lipinski definition) is 1. The number of carbonyl (C=O) groups excluding carboxylic acids is 1. The molecule has 2 aromatic heterocycles. The summed E-state index contributed by atoms with van der Waals surface area (Å²) >= 11 is 0. The highest BCUT2D eigenvalue weighted by Crippen LogP contribution is 2.18. The van der Waals surface area contributed by atoms with Gasteiger partial charge in [0.1, 0.15) is 5.82 Å². The summed E-state index contributed by atoms with van der Waals surface area (Å²) in [5.74, 6) is 0.927. The van der Waals surface area contributed by atoms with Crippen molar-refractivity contribution in [2.45, 2.75) is 19.9 Å². The number of benzene rings is 1. The lowest BCUT2D eigenvalue weighted by molar-refractivity contribution is -0.120. The highest BCUT2D eigenvalue weighted by atomic mass is 16.1. The van der Waals surface area contributed by atoms with Gasteiger partial charge < -0.3 is 9.88 Å². The largest absolute Gasteiger partial charge is 0.354 e. The fourth-order valence-electron chi connectivity index (χ4n) is 2.63. The van der Waals surface area contributed by atoms with E-state index in [1.165, 1.54) is 0 Å². The van der Waals surface area contributed by atoms with E-state index in [-0.39, 0.29) is 5.91 Å². The van der Waals surface area contributed by atoms with Crippen LogP contribution >= 0.6 is 0 Å². The molecule has 0 aliphatic carbocycles. The minimum Gasteiger partial charge on any atom is -0.354 e. The van der Waals surface area contributed by atoms with E-state index in [0.717, 1.165) is 22.6 Å². The number of aryl methyl sites for hydroxylation is 1. The van der Waals surface area contributed by atoms with Crippen LogP contribution in [0.15, 0.2) is 61.1 Å². The van der Waals surface area contributed by atoms with Gasteiger partial charge in [-0.1, -0.05) is 30.3 Å². The number of carbonyl (C=O) groups is 1. The molecule has 122 valence electrons. The summed E-state index contributed by atoms with van der Waals surface area (Å²) in [4.78, 5) is 20.5. The molecular weight excluding hydrogens is 300 g/mol. The third-order valence-electron chi connectivity index (χ3n) is 3.86. The van der Waals surface area contributed by atoms with E-state index >= 15 is 0 Å². The van der Waals surface area contributed by atoms with Gasteiger partial charge >= 0.3 is 0 Å². The Morgan fingerprint density at radius 1 is 1.12 bits per heavy atom. The van der Waals surface area contributed by atoms with Gasteiger partial charge in [0, 0.05) is 42.9 Å². The molecule has 3 aromatic rings. The molecule has 1 amide bonds. The first-order valence-corrected chi connectivity index (χ1v) is 7.97. The number of aromatic nitrogens is 3. The van der Waals surface area contributed by atoms with Crippen LogP contribution in [-0.2, 0) is 17.8 Å². The van der Waals surface area contributed by atoms with E-state index in [1.807, 2.05) is 55.6 Å². The predicted molar refractivity (Wildman–Crippen MR) is 93.4 cm³/mol. The van der Waals surface area contributed by atoms with Crippen LogP contribution in [0.25, 0.3) is 11.4 Å². The van der Waals surface area contributed by atoms with Gasteiger partial charge in [-0.2, -0.15) is 0 Å². The zero-order chi connectivity index (χ0) is 16.8. The minimum absolute atomic E-state index is 0.0319. The van der Waals surface area contributed by atoms with E-state index in [2.05, 4.69) is 19.9 Å². The second kappa shape index (κ2) is 7.55. The Kier molecular flexibility index (Phi) is 5.01. The van der Waals surface area contributed by atoms with Crippen LogP contribution < -0.4 is 5.32 Å². The number of rotatable bonds is 6. The lowest BCUT2D eigenvalue weighted by Gasteiger charge is -2.11. The molecule has 0 bridgehead atoms. The average Bonchev–Trinajstić information content (AvgIpc) is 2.97. The van der Waals surface area contributed by atoms with Gasteiger partial charge in [0.05, 0.1) is 6.42 Å². The number of nitrogens with one attached hydrogen (secondary N) is 1. The van der Waals surface area contributed by atoms with Crippen molar-refractivity contribution in [3.63, 3.8) is 0 Å². The highest BCUT2D eigenvalue weighted by molar-refractivity contribution is 5.78. The number of imidazole rings is 1. The number of pyridine rings is 1. The van der Waals surface area contributed by atoms with Gasteiger partial charge in [0.2, 0.25) is 5.91 Å². The van der Waals surface area contributed by atoms with E-state index in [0.29, 0.717) is 19.5 Å². The van der Waals surface area contributed by atoms with Crippen LogP contribution in [0.1, 0.15) is 11.3 Å². The molecule has 0 saturated heterocycles. The van der Waals surface area contributed by atoms with Crippen LogP contribution in [0.4, 0.5) is 0 Å². The summed E-state index contributed by atoms with van der Waals surface area (Å²) in [7, 11) is 0. The van der Waals surface area contributed by atoms with Gasteiger partial charge in [0.25, 0.3) is 0 Å². The topological polar surface area (TPSA) is 59.8 Å². The predicted octanol–water partition coefficient (Wildman–Crippen LogP) is 2.61. The maximum Gasteiger partial charge on any atom is 0.224 e. The first kappa shape index (κ1) is 15.9. The molecule has 2 heterocycles. The quantitative estimate of drug-likeness (QED) is 0.759. The molecule has 0 atom stereocenters. The smallest absolute Gasteiger partial charge is 0.224 e. The number of hydrogen-bond acceptors (Lipinski definition) is 3. The second-order valence-electron chi connectivity index (χ2n) is 5.62. The Bertz CT molecular complexity index is 797.